The van der Waals surface area contributed by atoms with E-state index >= 15 is 0 Å². The van der Waals surface area contributed by atoms with Crippen LogP contribution in [0.1, 0.15) is 5.82 Å². The zero-order valence-corrected chi connectivity index (χ0v) is 18.1. The molecule has 0 saturated heterocycles. The Hall–Kier alpha value is -4.17. The van der Waals surface area contributed by atoms with Crippen molar-refractivity contribution < 1.29 is 4.42 Å². The number of benzene rings is 3. The van der Waals surface area contributed by atoms with Gasteiger partial charge in [-0.2, -0.15) is 0 Å². The van der Waals surface area contributed by atoms with Crippen molar-refractivity contribution in [3.63, 3.8) is 0 Å². The first-order valence-corrected chi connectivity index (χ1v) is 11.4. The molecule has 3 heterocycles. The summed E-state index contributed by atoms with van der Waals surface area (Å²) >= 11 is 1.45. The minimum absolute atomic E-state index is 0.149. The van der Waals surface area contributed by atoms with E-state index in [1.54, 1.807) is 6.07 Å². The maximum absolute atomic E-state index is 12.4. The van der Waals surface area contributed by atoms with Crippen molar-refractivity contribution in [1.82, 2.24) is 24.7 Å². The minimum Gasteiger partial charge on any atom is -0.453 e. The molecule has 0 amide bonds. The summed E-state index contributed by atoms with van der Waals surface area (Å²) in [7, 11) is 0. The summed E-state index contributed by atoms with van der Waals surface area (Å²) in [5.41, 5.74) is 2.23. The number of furan rings is 1. The smallest absolute Gasteiger partial charge is 0.258 e. The molecule has 0 aliphatic rings. The van der Waals surface area contributed by atoms with E-state index < -0.39 is 0 Å². The van der Waals surface area contributed by atoms with Gasteiger partial charge in [0.15, 0.2) is 10.9 Å². The Kier molecular flexibility index (Phi) is 4.77. The molecular formula is C25H17N5O2S. The normalized spacial score (nSPS) is 11.4. The first-order chi connectivity index (χ1) is 16.3. The van der Waals surface area contributed by atoms with Crippen LogP contribution in [0.4, 0.5) is 0 Å². The number of fused-ring (bicyclic) bond motifs is 2. The molecule has 6 aromatic rings. The highest BCUT2D eigenvalue weighted by Gasteiger charge is 2.19. The van der Waals surface area contributed by atoms with Gasteiger partial charge in [0.2, 0.25) is 5.82 Å². The molecule has 0 aliphatic carbocycles. The van der Waals surface area contributed by atoms with Gasteiger partial charge in [0, 0.05) is 11.1 Å². The summed E-state index contributed by atoms with van der Waals surface area (Å²) in [6.45, 7) is 0. The van der Waals surface area contributed by atoms with Gasteiger partial charge in [-0.25, -0.2) is 4.98 Å². The zero-order chi connectivity index (χ0) is 22.2. The number of nitrogens with one attached hydrogen (secondary N) is 1. The molecule has 7 nitrogen and oxygen atoms in total. The predicted molar refractivity (Wildman–Crippen MR) is 128 cm³/mol. The molecule has 0 fully saturated rings. The van der Waals surface area contributed by atoms with Crippen LogP contribution in [0.5, 0.6) is 0 Å². The predicted octanol–water partition coefficient (Wildman–Crippen LogP) is 5.21. The minimum atomic E-state index is -0.149. The highest BCUT2D eigenvalue weighted by Crippen LogP contribution is 2.32. The topological polar surface area (TPSA) is 89.6 Å². The molecule has 8 heteroatoms. The third kappa shape index (κ3) is 3.60. The van der Waals surface area contributed by atoms with Crippen molar-refractivity contribution in [3.05, 3.63) is 101 Å². The Morgan fingerprint density at radius 2 is 1.70 bits per heavy atom. The maximum Gasteiger partial charge on any atom is 0.258 e. The van der Waals surface area contributed by atoms with Gasteiger partial charge in [-0.05, 0) is 36.4 Å². The van der Waals surface area contributed by atoms with Gasteiger partial charge in [0.25, 0.3) is 5.56 Å². The van der Waals surface area contributed by atoms with E-state index in [2.05, 4.69) is 20.2 Å². The van der Waals surface area contributed by atoms with Crippen LogP contribution in [0.15, 0.2) is 99.3 Å². The van der Waals surface area contributed by atoms with Gasteiger partial charge in [-0.3, -0.25) is 9.36 Å². The molecule has 3 aromatic carbocycles. The largest absolute Gasteiger partial charge is 0.453 e. The zero-order valence-electron chi connectivity index (χ0n) is 17.3. The molecule has 33 heavy (non-hydrogen) atoms. The number of nitrogens with zero attached hydrogens (tertiary/aromatic N) is 4. The molecular weight excluding hydrogens is 434 g/mol. The van der Waals surface area contributed by atoms with E-state index in [0.29, 0.717) is 39.2 Å². The van der Waals surface area contributed by atoms with Gasteiger partial charge in [0.05, 0.1) is 16.7 Å². The fourth-order valence-corrected chi connectivity index (χ4v) is 4.58. The lowest BCUT2D eigenvalue weighted by Gasteiger charge is -2.09. The third-order valence-electron chi connectivity index (χ3n) is 5.29. The van der Waals surface area contributed by atoms with Crippen LogP contribution in [-0.2, 0) is 5.75 Å². The van der Waals surface area contributed by atoms with Crippen molar-refractivity contribution in [3.8, 4) is 17.3 Å². The fraction of sp³-hybridized carbons (Fsp3) is 0.0400. The van der Waals surface area contributed by atoms with Crippen molar-refractivity contribution in [2.24, 2.45) is 0 Å². The number of aromatic amines is 1. The second-order valence-electron chi connectivity index (χ2n) is 7.44. The first kappa shape index (κ1) is 19.5. The summed E-state index contributed by atoms with van der Waals surface area (Å²) < 4.78 is 8.02. The van der Waals surface area contributed by atoms with E-state index in [9.17, 15) is 4.79 Å². The van der Waals surface area contributed by atoms with Crippen LogP contribution in [0.2, 0.25) is 0 Å². The van der Waals surface area contributed by atoms with Crippen LogP contribution in [0.25, 0.3) is 39.1 Å². The van der Waals surface area contributed by atoms with Crippen LogP contribution < -0.4 is 5.56 Å². The lowest BCUT2D eigenvalue weighted by Crippen LogP contribution is -2.11. The number of aromatic nitrogens is 5. The Morgan fingerprint density at radius 1 is 0.909 bits per heavy atom. The van der Waals surface area contributed by atoms with E-state index in [-0.39, 0.29) is 5.56 Å². The molecule has 0 radical (unpaired) electrons. The molecule has 160 valence electrons. The molecule has 0 atom stereocenters. The highest BCUT2D eigenvalue weighted by atomic mass is 32.2. The van der Waals surface area contributed by atoms with Crippen LogP contribution in [0.3, 0.4) is 0 Å². The number of H-pyrrole nitrogens is 1. The quantitative estimate of drug-likeness (QED) is 0.362. The van der Waals surface area contributed by atoms with Gasteiger partial charge >= 0.3 is 0 Å². The number of hydrogen-bond acceptors (Lipinski definition) is 6. The Labute approximate surface area is 192 Å². The first-order valence-electron chi connectivity index (χ1n) is 10.4. The number of para-hydroxylation sites is 3. The molecule has 0 spiro atoms. The summed E-state index contributed by atoms with van der Waals surface area (Å²) in [4.78, 5) is 19.9. The summed E-state index contributed by atoms with van der Waals surface area (Å²) in [6, 6.07) is 27.0. The van der Waals surface area contributed by atoms with Crippen LogP contribution >= 0.6 is 11.8 Å². The molecule has 0 aliphatic heterocycles. The average Bonchev–Trinajstić information content (AvgIpc) is 3.47. The van der Waals surface area contributed by atoms with Gasteiger partial charge in [0.1, 0.15) is 11.4 Å². The standard InChI is InChI=1S/C25H17N5O2S/c31-24-18-11-5-6-12-19(18)26-22(27-24)15-33-25-29-28-23(30(25)17-9-2-1-3-10-17)21-14-16-8-4-7-13-20(16)32-21/h1-14H,15H2,(H,26,27,31). The maximum atomic E-state index is 12.4. The average molecular weight is 452 g/mol. The SMILES string of the molecule is O=c1[nH]c(CSc2nnc(-c3cc4ccccc4o3)n2-c2ccccc2)nc2ccccc12. The summed E-state index contributed by atoms with van der Waals surface area (Å²) in [5.74, 6) is 2.26. The lowest BCUT2D eigenvalue weighted by molar-refractivity contribution is 0.622. The number of thioether (sulfide) groups is 1. The second kappa shape index (κ2) is 8.07. The Bertz CT molecular complexity index is 1620. The van der Waals surface area contributed by atoms with Gasteiger partial charge < -0.3 is 9.40 Å². The van der Waals surface area contributed by atoms with E-state index in [1.165, 1.54) is 11.8 Å². The molecule has 0 bridgehead atoms. The Balaban J connectivity index is 1.40. The van der Waals surface area contributed by atoms with Crippen molar-refractivity contribution in [2.75, 3.05) is 0 Å². The molecule has 6 rings (SSSR count). The molecule has 1 N–H and O–H groups in total. The van der Waals surface area contributed by atoms with E-state index in [4.69, 9.17) is 4.42 Å². The molecule has 0 unspecified atom stereocenters. The number of rotatable bonds is 5. The Morgan fingerprint density at radius 3 is 2.58 bits per heavy atom. The van der Waals surface area contributed by atoms with Crippen LogP contribution in [-0.4, -0.2) is 24.7 Å². The van der Waals surface area contributed by atoms with Crippen molar-refractivity contribution in [1.29, 1.82) is 0 Å². The molecule has 0 saturated carbocycles. The van der Waals surface area contributed by atoms with E-state index in [0.717, 1.165) is 16.7 Å². The van der Waals surface area contributed by atoms with Crippen LogP contribution in [0, 0.1) is 0 Å². The lowest BCUT2D eigenvalue weighted by atomic mass is 10.2. The van der Waals surface area contributed by atoms with Crippen molar-refractivity contribution in [2.45, 2.75) is 10.9 Å². The molecule has 3 aromatic heterocycles. The summed E-state index contributed by atoms with van der Waals surface area (Å²) in [5, 5.41) is 11.1. The van der Waals surface area contributed by atoms with Crippen molar-refractivity contribution >= 4 is 33.6 Å². The highest BCUT2D eigenvalue weighted by molar-refractivity contribution is 7.98. The fourth-order valence-electron chi connectivity index (χ4n) is 3.76. The number of hydrogen-bond donors (Lipinski definition) is 1. The summed E-state index contributed by atoms with van der Waals surface area (Å²) in [6.07, 6.45) is 0. The monoisotopic (exact) mass is 451 g/mol. The van der Waals surface area contributed by atoms with Gasteiger partial charge in [-0.15, -0.1) is 10.2 Å². The van der Waals surface area contributed by atoms with E-state index in [1.807, 2.05) is 83.4 Å². The third-order valence-corrected chi connectivity index (χ3v) is 6.23. The van der Waals surface area contributed by atoms with Gasteiger partial charge in [-0.1, -0.05) is 60.3 Å². The second-order valence-corrected chi connectivity index (χ2v) is 8.39.